The van der Waals surface area contributed by atoms with E-state index in [-0.39, 0.29) is 16.7 Å². The summed E-state index contributed by atoms with van der Waals surface area (Å²) in [5.41, 5.74) is 9.83. The number of halogens is 1. The number of nitrogens with two attached hydrogens (primary N) is 2. The van der Waals surface area contributed by atoms with Crippen molar-refractivity contribution >= 4 is 28.3 Å². The number of carbonyl (C=O) groups is 1. The zero-order chi connectivity index (χ0) is 10.6. The number of nitrogen functional groups attached to an aromatic ring is 1. The fraction of sp³-hybridized carbons (Fsp3) is 0.200. The van der Waals surface area contributed by atoms with Crippen molar-refractivity contribution in [2.45, 2.75) is 0 Å². The number of alkyl halides is 1. The van der Waals surface area contributed by atoms with E-state index in [0.29, 0.717) is 0 Å². The number of nitrogens with zero attached hydrogens (tertiary/aromatic N) is 3. The van der Waals surface area contributed by atoms with Gasteiger partial charge in [0.2, 0.25) is 11.5 Å². The molecule has 0 atom stereocenters. The van der Waals surface area contributed by atoms with E-state index in [4.69, 9.17) is 11.5 Å². The van der Waals surface area contributed by atoms with E-state index in [9.17, 15) is 9.18 Å². The summed E-state index contributed by atoms with van der Waals surface area (Å²) in [6.45, 7) is -1.17. The van der Waals surface area contributed by atoms with Crippen LogP contribution in [0.4, 0.5) is 9.52 Å². The van der Waals surface area contributed by atoms with Crippen LogP contribution in [0.2, 0.25) is 0 Å². The van der Waals surface area contributed by atoms with Crippen LogP contribution in [-0.2, 0) is 9.63 Å². The summed E-state index contributed by atoms with van der Waals surface area (Å²) in [6.07, 6.45) is 0. The highest BCUT2D eigenvalue weighted by atomic mass is 32.1. The van der Waals surface area contributed by atoms with E-state index in [1.54, 1.807) is 0 Å². The molecule has 0 fully saturated rings. The van der Waals surface area contributed by atoms with E-state index in [2.05, 4.69) is 19.4 Å². The first kappa shape index (κ1) is 10.3. The van der Waals surface area contributed by atoms with Crippen molar-refractivity contribution in [3.63, 3.8) is 0 Å². The van der Waals surface area contributed by atoms with Gasteiger partial charge < -0.3 is 16.3 Å². The molecule has 14 heavy (non-hydrogen) atoms. The van der Waals surface area contributed by atoms with E-state index >= 15 is 0 Å². The van der Waals surface area contributed by atoms with E-state index in [0.717, 1.165) is 11.5 Å². The molecule has 0 spiro atoms. The van der Waals surface area contributed by atoms with Crippen molar-refractivity contribution in [3.8, 4) is 0 Å². The monoisotopic (exact) mass is 219 g/mol. The Balaban J connectivity index is 2.94. The van der Waals surface area contributed by atoms with Crippen molar-refractivity contribution in [2.75, 3.05) is 12.6 Å². The molecule has 0 aliphatic carbocycles. The summed E-state index contributed by atoms with van der Waals surface area (Å²) in [4.78, 5) is 18.4. The standard InChI is InChI=1S/C5H6FN5O2S/c6-1-13-10-2(3(7)12)4-9-5(8)14-11-4/h1H2,(H2,7,12)(H2,8,9,11)/b10-2+. The van der Waals surface area contributed by atoms with E-state index < -0.39 is 12.8 Å². The van der Waals surface area contributed by atoms with Crippen LogP contribution in [0, 0.1) is 0 Å². The van der Waals surface area contributed by atoms with Crippen molar-refractivity contribution in [2.24, 2.45) is 10.9 Å². The zero-order valence-electron chi connectivity index (χ0n) is 6.81. The Morgan fingerprint density at radius 3 is 2.86 bits per heavy atom. The van der Waals surface area contributed by atoms with Crippen LogP contribution in [0.25, 0.3) is 0 Å². The highest BCUT2D eigenvalue weighted by molar-refractivity contribution is 7.09. The molecule has 1 amide bonds. The molecule has 0 radical (unpaired) electrons. The Bertz CT molecular complexity index is 365. The van der Waals surface area contributed by atoms with Gasteiger partial charge in [0.15, 0.2) is 5.13 Å². The van der Waals surface area contributed by atoms with E-state index in [1.165, 1.54) is 0 Å². The number of carbonyl (C=O) groups excluding carboxylic acids is 1. The summed E-state index contributed by atoms with van der Waals surface area (Å²) in [7, 11) is 0. The first-order valence-electron chi connectivity index (χ1n) is 3.30. The van der Waals surface area contributed by atoms with Crippen molar-refractivity contribution in [1.82, 2.24) is 9.36 Å². The lowest BCUT2D eigenvalue weighted by molar-refractivity contribution is -0.112. The van der Waals surface area contributed by atoms with Crippen LogP contribution in [0.3, 0.4) is 0 Å². The normalized spacial score (nSPS) is 11.4. The molecule has 1 aromatic heterocycles. The third-order valence-electron chi connectivity index (χ3n) is 1.09. The predicted octanol–water partition coefficient (Wildman–Crippen LogP) is -0.747. The molecule has 1 aromatic rings. The fourth-order valence-electron chi connectivity index (χ4n) is 0.616. The maximum atomic E-state index is 11.6. The van der Waals surface area contributed by atoms with Crippen LogP contribution in [-0.4, -0.2) is 27.8 Å². The van der Waals surface area contributed by atoms with Gasteiger partial charge in [-0.2, -0.15) is 9.36 Å². The molecule has 0 bridgehead atoms. The van der Waals surface area contributed by atoms with E-state index in [1.807, 2.05) is 0 Å². The number of amides is 1. The lowest BCUT2D eigenvalue weighted by Crippen LogP contribution is -2.25. The SMILES string of the molecule is NC(=O)/C(=N\OCF)c1nsc(N)n1. The Labute approximate surface area is 81.7 Å². The molecule has 4 N–H and O–H groups in total. The largest absolute Gasteiger partial charge is 0.374 e. The summed E-state index contributed by atoms with van der Waals surface area (Å²) in [5, 5.41) is 3.27. The Morgan fingerprint density at radius 2 is 2.43 bits per heavy atom. The third kappa shape index (κ3) is 2.36. The minimum Gasteiger partial charge on any atom is -0.374 e. The first-order chi connectivity index (χ1) is 6.65. The van der Waals surface area contributed by atoms with Gasteiger partial charge in [-0.25, -0.2) is 4.39 Å². The number of primary amides is 1. The smallest absolute Gasteiger partial charge is 0.274 e. The molecule has 0 aromatic carbocycles. The molecular weight excluding hydrogens is 213 g/mol. The maximum Gasteiger partial charge on any atom is 0.274 e. The second-order valence-corrected chi connectivity index (χ2v) is 2.78. The van der Waals surface area contributed by atoms with Crippen molar-refractivity contribution < 1.29 is 14.0 Å². The lowest BCUT2D eigenvalue weighted by atomic mass is 10.3. The summed E-state index contributed by atoms with van der Waals surface area (Å²) >= 11 is 0.862. The Kier molecular flexibility index (Phi) is 3.29. The predicted molar refractivity (Wildman–Crippen MR) is 47.1 cm³/mol. The second kappa shape index (κ2) is 4.46. The lowest BCUT2D eigenvalue weighted by Gasteiger charge is -1.95. The zero-order valence-corrected chi connectivity index (χ0v) is 7.62. The van der Waals surface area contributed by atoms with Gasteiger partial charge in [-0.05, 0) is 0 Å². The molecule has 1 rings (SSSR count). The minimum absolute atomic E-state index is 0.0755. The highest BCUT2D eigenvalue weighted by Crippen LogP contribution is 2.06. The first-order valence-corrected chi connectivity index (χ1v) is 4.07. The Morgan fingerprint density at radius 1 is 1.71 bits per heavy atom. The number of anilines is 1. The Hall–Kier alpha value is -1.77. The number of rotatable bonds is 4. The number of aromatic nitrogens is 2. The average Bonchev–Trinajstić information content (AvgIpc) is 2.52. The topological polar surface area (TPSA) is 116 Å². The number of hydrogen-bond acceptors (Lipinski definition) is 7. The molecule has 1 heterocycles. The minimum atomic E-state index is -1.17. The quantitative estimate of drug-likeness (QED) is 0.510. The van der Waals surface area contributed by atoms with Gasteiger partial charge in [-0.3, -0.25) is 4.79 Å². The van der Waals surface area contributed by atoms with Crippen molar-refractivity contribution in [1.29, 1.82) is 0 Å². The third-order valence-corrected chi connectivity index (χ3v) is 1.63. The van der Waals surface area contributed by atoms with Crippen LogP contribution in [0.1, 0.15) is 5.82 Å². The van der Waals surface area contributed by atoms with Crippen molar-refractivity contribution in [3.05, 3.63) is 5.82 Å². The second-order valence-electron chi connectivity index (χ2n) is 2.00. The summed E-state index contributed by atoms with van der Waals surface area (Å²) in [6, 6.07) is 0. The van der Waals surface area contributed by atoms with Crippen LogP contribution in [0.5, 0.6) is 0 Å². The molecular formula is C5H6FN5O2S. The van der Waals surface area contributed by atoms with Crippen LogP contribution < -0.4 is 11.5 Å². The van der Waals surface area contributed by atoms with Gasteiger partial charge in [-0.15, -0.1) is 0 Å². The summed E-state index contributed by atoms with van der Waals surface area (Å²) < 4.78 is 15.3. The molecule has 76 valence electrons. The molecule has 0 aliphatic heterocycles. The van der Waals surface area contributed by atoms with Gasteiger partial charge in [0.05, 0.1) is 0 Å². The fourth-order valence-corrected chi connectivity index (χ4v) is 1.05. The van der Waals surface area contributed by atoms with Gasteiger partial charge in [0.1, 0.15) is 0 Å². The number of oxime groups is 1. The van der Waals surface area contributed by atoms with Gasteiger partial charge in [-0.1, -0.05) is 5.16 Å². The van der Waals surface area contributed by atoms with Crippen LogP contribution in [0.15, 0.2) is 5.16 Å². The highest BCUT2D eigenvalue weighted by Gasteiger charge is 2.16. The molecule has 0 saturated heterocycles. The van der Waals surface area contributed by atoms with Crippen LogP contribution >= 0.6 is 11.5 Å². The maximum absolute atomic E-state index is 11.6. The molecule has 0 saturated carbocycles. The number of hydrogen-bond donors (Lipinski definition) is 2. The van der Waals surface area contributed by atoms with Gasteiger partial charge in [0.25, 0.3) is 12.8 Å². The van der Waals surface area contributed by atoms with Gasteiger partial charge >= 0.3 is 0 Å². The van der Waals surface area contributed by atoms with Gasteiger partial charge in [0, 0.05) is 11.5 Å². The summed E-state index contributed by atoms with van der Waals surface area (Å²) in [5.74, 6) is -0.996. The molecule has 0 unspecified atom stereocenters. The molecule has 0 aliphatic rings. The molecule has 9 heteroatoms. The molecule has 7 nitrogen and oxygen atoms in total. The average molecular weight is 219 g/mol.